The molecule has 1 aliphatic heterocycles. The van der Waals surface area contributed by atoms with Crippen LogP contribution in [0.25, 0.3) is 0 Å². The summed E-state index contributed by atoms with van der Waals surface area (Å²) < 4.78 is 59.4. The summed E-state index contributed by atoms with van der Waals surface area (Å²) in [4.78, 5) is 1.27. The van der Waals surface area contributed by atoms with Gasteiger partial charge >= 0.3 is 0 Å². The van der Waals surface area contributed by atoms with E-state index in [4.69, 9.17) is 36.3 Å². The summed E-state index contributed by atoms with van der Waals surface area (Å²) in [6.45, 7) is 49.7. The Hall–Kier alpha value is -2.17. The Kier molecular flexibility index (Phi) is 22.1. The molecule has 0 spiro atoms. The largest absolute Gasteiger partial charge is 0.497 e. The Bertz CT molecular complexity index is 2360. The van der Waals surface area contributed by atoms with Gasteiger partial charge < -0.3 is 36.3 Å². The van der Waals surface area contributed by atoms with Crippen LogP contribution < -0.4 is 15.1 Å². The number of hydrogen-bond donors (Lipinski definition) is 0. The maximum absolute atomic E-state index is 7.99. The van der Waals surface area contributed by atoms with E-state index in [2.05, 4.69) is 245 Å². The van der Waals surface area contributed by atoms with Crippen molar-refractivity contribution in [2.75, 3.05) is 19.5 Å². The van der Waals surface area contributed by atoms with Crippen molar-refractivity contribution < 1.29 is 36.3 Å². The monoisotopic (exact) mass is 1160 g/mol. The van der Waals surface area contributed by atoms with E-state index in [0.29, 0.717) is 32.5 Å². The molecule has 5 rings (SSSR count). The Morgan fingerprint density at radius 1 is 0.636 bits per heavy atom. The summed E-state index contributed by atoms with van der Waals surface area (Å²) in [5.74, 6) is 1.73. The highest BCUT2D eigenvalue weighted by atomic mass is 32.2. The lowest BCUT2D eigenvalue weighted by Gasteiger charge is -2.46. The number of methoxy groups -OCH3 is 1. The maximum Gasteiger partial charge on any atom is 0.261 e. The molecule has 8 nitrogen and oxygen atoms in total. The molecule has 1 aliphatic rings. The first kappa shape index (κ1) is 65.6. The molecule has 430 valence electrons. The smallest absolute Gasteiger partial charge is 0.261 e. The molecule has 1 heterocycles. The normalized spacial score (nSPS) is 20.4. The second-order valence-corrected chi connectivity index (χ2v) is 52.2. The van der Waals surface area contributed by atoms with Gasteiger partial charge in [0.2, 0.25) is 0 Å². The van der Waals surface area contributed by atoms with E-state index in [1.54, 1.807) is 7.11 Å². The van der Waals surface area contributed by atoms with E-state index >= 15 is 0 Å². The molecule has 7 atom stereocenters. The second-order valence-electron chi connectivity index (χ2n) is 28.4. The fraction of sp³-hybridized carbons (Fsp3) is 0.619. The van der Waals surface area contributed by atoms with E-state index in [9.17, 15) is 0 Å². The predicted molar refractivity (Wildman–Crippen MR) is 339 cm³/mol. The van der Waals surface area contributed by atoms with Crippen LogP contribution in [0.5, 0.6) is 5.75 Å². The third-order valence-electron chi connectivity index (χ3n) is 16.2. The third-order valence-corrected chi connectivity index (χ3v) is 33.4. The standard InChI is InChI=1S/C63H104O8SSi5/c1-59(2,3)75(19,20)69-54(42-44-66-77(61(7,8)9,52-34-28-24-29-35-52)53-36-30-25-31-37-53)58(65-48-49-38-40-50(64-12)41-39-49)63(11)47-56(70-76(21,22)60(4,5)6)57(67-63)55(68-73(13,14)15)46-62(10,71-74(16,17)18)43-45-72-51-32-26-23-27-33-51/h23-41,54-58H,42-48H2,1-22H3/t54-,55+,56-,57+,58-,62-,63+/m0/s1. The molecule has 0 bridgehead atoms. The fourth-order valence-corrected chi connectivity index (χ4v) is 21.7. The molecule has 0 aromatic heterocycles. The molecule has 4 aromatic rings. The lowest BCUT2D eigenvalue weighted by Crippen LogP contribution is -2.66. The molecular weight excluding hydrogens is 1060 g/mol. The van der Waals surface area contributed by atoms with Crippen molar-refractivity contribution in [3.05, 3.63) is 121 Å². The van der Waals surface area contributed by atoms with Crippen molar-refractivity contribution in [1.82, 2.24) is 0 Å². The molecule has 0 aliphatic carbocycles. The van der Waals surface area contributed by atoms with Crippen LogP contribution in [0.1, 0.15) is 107 Å². The quantitative estimate of drug-likeness (QED) is 0.0429. The van der Waals surface area contributed by atoms with Crippen LogP contribution in [0.2, 0.25) is 80.6 Å². The fourth-order valence-electron chi connectivity index (χ4n) is 10.6. The molecule has 1 saturated heterocycles. The first-order valence-corrected chi connectivity index (χ1v) is 44.0. The summed E-state index contributed by atoms with van der Waals surface area (Å²) in [7, 11) is -10.4. The molecule has 0 radical (unpaired) electrons. The van der Waals surface area contributed by atoms with Gasteiger partial charge in [-0.3, -0.25) is 0 Å². The molecule has 4 aromatic carbocycles. The summed E-state index contributed by atoms with van der Waals surface area (Å²) >= 11 is 1.89. The van der Waals surface area contributed by atoms with Gasteiger partial charge in [-0.1, -0.05) is 153 Å². The summed E-state index contributed by atoms with van der Waals surface area (Å²) in [5, 5.41) is 2.17. The SMILES string of the molecule is COc1ccc(CO[C@@H]([C@H](CCO[Si](c2ccccc2)(c2ccccc2)C(C)(C)C)O[Si](C)(C)C(C)(C)C)[C@@]2(C)C[C@H](O[Si](C)(C)C(C)(C)C)[C@@H]([C@@H](C[C@](C)(CCSc3ccccc3)O[Si](C)(C)C)O[Si](C)(C)C)O2)cc1. The highest BCUT2D eigenvalue weighted by molar-refractivity contribution is 7.99. The molecule has 0 amide bonds. The Balaban J connectivity index is 1.70. The highest BCUT2D eigenvalue weighted by Crippen LogP contribution is 2.49. The summed E-state index contributed by atoms with van der Waals surface area (Å²) in [5.41, 5.74) is -0.323. The number of hydrogen-bond acceptors (Lipinski definition) is 9. The van der Waals surface area contributed by atoms with Gasteiger partial charge in [-0.05, 0) is 147 Å². The van der Waals surface area contributed by atoms with E-state index < -0.39 is 71.1 Å². The van der Waals surface area contributed by atoms with Crippen LogP contribution in [0, 0.1) is 0 Å². The number of benzene rings is 4. The van der Waals surface area contributed by atoms with Crippen molar-refractivity contribution in [3.63, 3.8) is 0 Å². The molecule has 14 heteroatoms. The van der Waals surface area contributed by atoms with Gasteiger partial charge in [0.15, 0.2) is 33.3 Å². The van der Waals surface area contributed by atoms with Gasteiger partial charge in [0.05, 0.1) is 43.2 Å². The van der Waals surface area contributed by atoms with Crippen molar-refractivity contribution in [2.24, 2.45) is 0 Å². The van der Waals surface area contributed by atoms with E-state index in [-0.39, 0.29) is 27.3 Å². The van der Waals surface area contributed by atoms with E-state index in [1.165, 1.54) is 15.3 Å². The van der Waals surface area contributed by atoms with E-state index in [1.807, 2.05) is 23.9 Å². The van der Waals surface area contributed by atoms with Gasteiger partial charge in [-0.2, -0.15) is 0 Å². The topological polar surface area (TPSA) is 73.8 Å². The van der Waals surface area contributed by atoms with Gasteiger partial charge in [0.1, 0.15) is 18.0 Å². The molecule has 0 N–H and O–H groups in total. The van der Waals surface area contributed by atoms with Crippen LogP contribution >= 0.6 is 11.8 Å². The summed E-state index contributed by atoms with van der Waals surface area (Å²) in [6.07, 6.45) is 0.773. The first-order valence-electron chi connectivity index (χ1n) is 28.5. The molecule has 1 fully saturated rings. The average Bonchev–Trinajstić information content (AvgIpc) is 3.64. The minimum absolute atomic E-state index is 0.0493. The van der Waals surface area contributed by atoms with Gasteiger partial charge in [-0.25, -0.2) is 0 Å². The minimum Gasteiger partial charge on any atom is -0.497 e. The minimum atomic E-state index is -2.92. The zero-order valence-electron chi connectivity index (χ0n) is 52.0. The van der Waals surface area contributed by atoms with Crippen LogP contribution in [-0.4, -0.2) is 103 Å². The lowest BCUT2D eigenvalue weighted by molar-refractivity contribution is -0.186. The number of rotatable bonds is 27. The third kappa shape index (κ3) is 17.9. The van der Waals surface area contributed by atoms with Crippen molar-refractivity contribution in [3.8, 4) is 5.75 Å². The zero-order chi connectivity index (χ0) is 57.5. The lowest BCUT2D eigenvalue weighted by atomic mass is 9.88. The molecule has 77 heavy (non-hydrogen) atoms. The highest BCUT2D eigenvalue weighted by Gasteiger charge is 2.58. The number of thioether (sulfide) groups is 1. The van der Waals surface area contributed by atoms with Gasteiger partial charge in [0, 0.05) is 30.1 Å². The van der Waals surface area contributed by atoms with E-state index in [0.717, 1.165) is 23.5 Å². The maximum atomic E-state index is 7.99. The van der Waals surface area contributed by atoms with Crippen LogP contribution in [0.3, 0.4) is 0 Å². The van der Waals surface area contributed by atoms with Gasteiger partial charge in [0.25, 0.3) is 8.32 Å². The average molecular weight is 1160 g/mol. The van der Waals surface area contributed by atoms with Gasteiger partial charge in [-0.15, -0.1) is 11.8 Å². The molecule has 0 saturated carbocycles. The Morgan fingerprint density at radius 3 is 1.62 bits per heavy atom. The van der Waals surface area contributed by atoms with Crippen LogP contribution in [-0.2, 0) is 38.2 Å². The molecule has 0 unspecified atom stereocenters. The van der Waals surface area contributed by atoms with Crippen LogP contribution in [0.15, 0.2) is 120 Å². The van der Waals surface area contributed by atoms with Crippen molar-refractivity contribution >= 4 is 63.7 Å². The zero-order valence-corrected chi connectivity index (χ0v) is 57.8. The second kappa shape index (κ2) is 26.0. The summed E-state index contributed by atoms with van der Waals surface area (Å²) in [6, 6.07) is 40.8. The molecular formula is C63H104O8SSi5. The van der Waals surface area contributed by atoms with Crippen LogP contribution in [0.4, 0.5) is 0 Å². The Labute approximate surface area is 478 Å². The van der Waals surface area contributed by atoms with Crippen molar-refractivity contribution in [2.45, 2.75) is 236 Å². The predicted octanol–water partition coefficient (Wildman–Crippen LogP) is 16.3. The first-order chi connectivity index (χ1) is 35.4. The number of ether oxygens (including phenoxy) is 3. The Morgan fingerprint density at radius 2 is 1.16 bits per heavy atom. The van der Waals surface area contributed by atoms with Crippen molar-refractivity contribution in [1.29, 1.82) is 0 Å².